The normalized spacial score (nSPS) is 14.2. The molecule has 0 saturated carbocycles. The lowest BCUT2D eigenvalue weighted by Crippen LogP contribution is -2.36. The van der Waals surface area contributed by atoms with Gasteiger partial charge in [0.1, 0.15) is 0 Å². The Morgan fingerprint density at radius 2 is 1.83 bits per heavy atom. The van der Waals surface area contributed by atoms with E-state index in [-0.39, 0.29) is 0 Å². The maximum Gasteiger partial charge on any atom is 0.0104 e. The molecule has 0 amide bonds. The van der Waals surface area contributed by atoms with Crippen molar-refractivity contribution in [1.29, 1.82) is 0 Å². The second kappa shape index (κ2) is 6.44. The molecule has 0 heterocycles. The van der Waals surface area contributed by atoms with Crippen LogP contribution in [0.25, 0.3) is 0 Å². The van der Waals surface area contributed by atoms with Crippen LogP contribution in [0.4, 0.5) is 0 Å². The molecule has 74 valence electrons. The summed E-state index contributed by atoms with van der Waals surface area (Å²) in [4.78, 5) is 2.32. The van der Waals surface area contributed by atoms with E-state index in [2.05, 4.69) is 45.0 Å². The SMILES string of the molecule is CCN(C)CCNC(C)C(C)C. The van der Waals surface area contributed by atoms with E-state index in [0.29, 0.717) is 6.04 Å². The van der Waals surface area contributed by atoms with Crippen LogP contribution in [0.2, 0.25) is 0 Å². The minimum absolute atomic E-state index is 0.634. The summed E-state index contributed by atoms with van der Waals surface area (Å²) in [5.74, 6) is 0.733. The van der Waals surface area contributed by atoms with Crippen molar-refractivity contribution < 1.29 is 0 Å². The van der Waals surface area contributed by atoms with Crippen LogP contribution in [0.3, 0.4) is 0 Å². The van der Waals surface area contributed by atoms with E-state index in [1.165, 1.54) is 0 Å². The first kappa shape index (κ1) is 11.9. The van der Waals surface area contributed by atoms with Gasteiger partial charge in [0.2, 0.25) is 0 Å². The molecule has 0 aromatic carbocycles. The topological polar surface area (TPSA) is 15.3 Å². The molecule has 0 aliphatic rings. The molecule has 0 spiro atoms. The van der Waals surface area contributed by atoms with Gasteiger partial charge in [-0.3, -0.25) is 0 Å². The van der Waals surface area contributed by atoms with E-state index < -0.39 is 0 Å². The van der Waals surface area contributed by atoms with Gasteiger partial charge in [-0.2, -0.15) is 0 Å². The zero-order valence-electron chi connectivity index (χ0n) is 9.22. The lowest BCUT2D eigenvalue weighted by Gasteiger charge is -2.20. The predicted octanol–water partition coefficient (Wildman–Crippen LogP) is 1.57. The smallest absolute Gasteiger partial charge is 0.0104 e. The molecule has 0 bridgehead atoms. The zero-order chi connectivity index (χ0) is 9.56. The van der Waals surface area contributed by atoms with Crippen molar-refractivity contribution in [2.24, 2.45) is 5.92 Å². The summed E-state index contributed by atoms with van der Waals surface area (Å²) in [6.07, 6.45) is 0. The quantitative estimate of drug-likeness (QED) is 0.654. The minimum atomic E-state index is 0.634. The molecule has 0 aliphatic carbocycles. The van der Waals surface area contributed by atoms with Gasteiger partial charge >= 0.3 is 0 Å². The summed E-state index contributed by atoms with van der Waals surface area (Å²) in [5.41, 5.74) is 0. The molecule has 0 radical (unpaired) electrons. The highest BCUT2D eigenvalue weighted by Gasteiger charge is 2.04. The third kappa shape index (κ3) is 5.56. The Kier molecular flexibility index (Phi) is 6.39. The van der Waals surface area contributed by atoms with Crippen LogP contribution in [-0.2, 0) is 0 Å². The fourth-order valence-electron chi connectivity index (χ4n) is 0.877. The van der Waals surface area contributed by atoms with Crippen molar-refractivity contribution in [2.45, 2.75) is 33.7 Å². The summed E-state index contributed by atoms with van der Waals surface area (Å²) < 4.78 is 0. The van der Waals surface area contributed by atoms with E-state index in [0.717, 1.165) is 25.6 Å². The average molecular weight is 172 g/mol. The van der Waals surface area contributed by atoms with Gasteiger partial charge in [0, 0.05) is 19.1 Å². The van der Waals surface area contributed by atoms with Crippen molar-refractivity contribution in [3.05, 3.63) is 0 Å². The van der Waals surface area contributed by atoms with E-state index in [9.17, 15) is 0 Å². The fourth-order valence-corrected chi connectivity index (χ4v) is 0.877. The highest BCUT2D eigenvalue weighted by molar-refractivity contribution is 4.64. The Balaban J connectivity index is 3.30. The Bertz CT molecular complexity index is 102. The summed E-state index contributed by atoms with van der Waals surface area (Å²) in [7, 11) is 2.15. The molecular formula is C10H24N2. The molecule has 0 aliphatic heterocycles. The molecule has 0 saturated heterocycles. The molecule has 12 heavy (non-hydrogen) atoms. The molecule has 2 heteroatoms. The van der Waals surface area contributed by atoms with Crippen molar-refractivity contribution in [1.82, 2.24) is 10.2 Å². The van der Waals surface area contributed by atoms with E-state index in [1.807, 2.05) is 0 Å². The maximum absolute atomic E-state index is 3.51. The standard InChI is InChI=1S/C10H24N2/c1-6-12(5)8-7-11-10(4)9(2)3/h9-11H,6-8H2,1-5H3. The lowest BCUT2D eigenvalue weighted by atomic mass is 10.1. The van der Waals surface area contributed by atoms with Crippen LogP contribution in [0, 0.1) is 5.92 Å². The van der Waals surface area contributed by atoms with Crippen LogP contribution in [0.5, 0.6) is 0 Å². The first-order valence-corrected chi connectivity index (χ1v) is 4.99. The van der Waals surface area contributed by atoms with Gasteiger partial charge < -0.3 is 10.2 Å². The van der Waals surface area contributed by atoms with Crippen LogP contribution in [0.1, 0.15) is 27.7 Å². The minimum Gasteiger partial charge on any atom is -0.313 e. The summed E-state index contributed by atoms with van der Waals surface area (Å²) in [6, 6.07) is 0.634. The van der Waals surface area contributed by atoms with Gasteiger partial charge in [-0.05, 0) is 26.4 Å². The van der Waals surface area contributed by atoms with Gasteiger partial charge in [0.05, 0.1) is 0 Å². The molecule has 0 aromatic rings. The molecule has 0 aromatic heterocycles. The summed E-state index contributed by atoms with van der Waals surface area (Å²) in [6.45, 7) is 12.3. The Morgan fingerprint density at radius 3 is 2.25 bits per heavy atom. The maximum atomic E-state index is 3.51. The fraction of sp³-hybridized carbons (Fsp3) is 1.00. The monoisotopic (exact) mass is 172 g/mol. The van der Waals surface area contributed by atoms with Gasteiger partial charge in [0.15, 0.2) is 0 Å². The van der Waals surface area contributed by atoms with E-state index in [1.54, 1.807) is 0 Å². The van der Waals surface area contributed by atoms with Gasteiger partial charge in [-0.25, -0.2) is 0 Å². The molecule has 2 nitrogen and oxygen atoms in total. The second-order valence-corrected chi connectivity index (χ2v) is 3.88. The lowest BCUT2D eigenvalue weighted by molar-refractivity contribution is 0.328. The summed E-state index contributed by atoms with van der Waals surface area (Å²) >= 11 is 0. The third-order valence-electron chi connectivity index (χ3n) is 2.50. The molecule has 0 rings (SSSR count). The van der Waals surface area contributed by atoms with Gasteiger partial charge in [0.25, 0.3) is 0 Å². The Labute approximate surface area is 77.3 Å². The number of nitrogens with one attached hydrogen (secondary N) is 1. The van der Waals surface area contributed by atoms with Crippen molar-refractivity contribution in [3.8, 4) is 0 Å². The van der Waals surface area contributed by atoms with E-state index >= 15 is 0 Å². The Morgan fingerprint density at radius 1 is 1.25 bits per heavy atom. The average Bonchev–Trinajstić information content (AvgIpc) is 2.03. The van der Waals surface area contributed by atoms with Crippen molar-refractivity contribution in [2.75, 3.05) is 26.7 Å². The number of hydrogen-bond acceptors (Lipinski definition) is 2. The molecule has 1 unspecified atom stereocenters. The van der Waals surface area contributed by atoms with E-state index in [4.69, 9.17) is 0 Å². The molecule has 1 N–H and O–H groups in total. The first-order chi connectivity index (χ1) is 5.57. The molecule has 1 atom stereocenters. The largest absolute Gasteiger partial charge is 0.313 e. The summed E-state index contributed by atoms with van der Waals surface area (Å²) in [5, 5.41) is 3.51. The number of nitrogens with zero attached hydrogens (tertiary/aromatic N) is 1. The van der Waals surface area contributed by atoms with Crippen LogP contribution < -0.4 is 5.32 Å². The highest BCUT2D eigenvalue weighted by atomic mass is 15.1. The molecular weight excluding hydrogens is 148 g/mol. The van der Waals surface area contributed by atoms with Gasteiger partial charge in [-0.15, -0.1) is 0 Å². The van der Waals surface area contributed by atoms with Crippen LogP contribution in [-0.4, -0.2) is 37.6 Å². The van der Waals surface area contributed by atoms with Crippen LogP contribution in [0.15, 0.2) is 0 Å². The second-order valence-electron chi connectivity index (χ2n) is 3.88. The highest BCUT2D eigenvalue weighted by Crippen LogP contribution is 1.98. The van der Waals surface area contributed by atoms with Crippen LogP contribution >= 0.6 is 0 Å². The molecule has 0 fully saturated rings. The zero-order valence-corrected chi connectivity index (χ0v) is 9.22. The predicted molar refractivity (Wildman–Crippen MR) is 55.5 cm³/mol. The van der Waals surface area contributed by atoms with Crippen molar-refractivity contribution >= 4 is 0 Å². The van der Waals surface area contributed by atoms with Gasteiger partial charge in [-0.1, -0.05) is 20.8 Å². The third-order valence-corrected chi connectivity index (χ3v) is 2.50. The Hall–Kier alpha value is -0.0800. The number of likely N-dealkylation sites (N-methyl/N-ethyl adjacent to an activating group) is 1. The number of rotatable bonds is 6. The van der Waals surface area contributed by atoms with Crippen molar-refractivity contribution in [3.63, 3.8) is 0 Å². The first-order valence-electron chi connectivity index (χ1n) is 4.99. The number of hydrogen-bond donors (Lipinski definition) is 1.